The number of aryl methyl sites for hydroxylation is 1. The summed E-state index contributed by atoms with van der Waals surface area (Å²) >= 11 is 0. The van der Waals surface area contributed by atoms with E-state index in [1.807, 2.05) is 16.9 Å². The minimum atomic E-state index is 0.176. The van der Waals surface area contributed by atoms with E-state index >= 15 is 0 Å². The fraction of sp³-hybridized carbons (Fsp3) is 0.500. The number of benzene rings is 1. The molecule has 7 heteroatoms. The van der Waals surface area contributed by atoms with Crippen LogP contribution in [0.4, 0.5) is 5.82 Å². The topological polar surface area (TPSA) is 49.1 Å². The number of nitrogens with zero attached hydrogens (tertiary/aromatic N) is 6. The predicted octanol–water partition coefficient (Wildman–Crippen LogP) is 2.68. The van der Waals surface area contributed by atoms with Crippen molar-refractivity contribution >= 4 is 11.5 Å². The minimum Gasteiger partial charge on any atom is -0.488 e. The van der Waals surface area contributed by atoms with Crippen LogP contribution in [0.5, 0.6) is 5.75 Å². The van der Waals surface area contributed by atoms with Gasteiger partial charge in [-0.1, -0.05) is 6.07 Å². The lowest BCUT2D eigenvalue weighted by atomic mass is 10.0. The van der Waals surface area contributed by atoms with Crippen molar-refractivity contribution < 1.29 is 4.74 Å². The van der Waals surface area contributed by atoms with Crippen LogP contribution in [-0.2, 0) is 0 Å². The van der Waals surface area contributed by atoms with Gasteiger partial charge in [0.25, 0.3) is 0 Å². The van der Waals surface area contributed by atoms with E-state index in [9.17, 15) is 0 Å². The Morgan fingerprint density at radius 2 is 1.97 bits per heavy atom. The van der Waals surface area contributed by atoms with Crippen LogP contribution < -0.4 is 9.64 Å². The number of likely N-dealkylation sites (N-methyl/N-ethyl adjacent to an activating group) is 1. The van der Waals surface area contributed by atoms with Gasteiger partial charge in [0.2, 0.25) is 0 Å². The summed E-state index contributed by atoms with van der Waals surface area (Å²) in [7, 11) is 2.14. The number of anilines is 1. The van der Waals surface area contributed by atoms with Gasteiger partial charge in [-0.3, -0.25) is 9.80 Å². The van der Waals surface area contributed by atoms with Gasteiger partial charge in [0, 0.05) is 57.6 Å². The van der Waals surface area contributed by atoms with Crippen LogP contribution in [-0.4, -0.2) is 82.9 Å². The molecule has 31 heavy (non-hydrogen) atoms. The second kappa shape index (κ2) is 7.50. The molecule has 6 rings (SSSR count). The lowest BCUT2D eigenvalue weighted by molar-refractivity contribution is 0.132. The van der Waals surface area contributed by atoms with Crippen molar-refractivity contribution in [2.75, 3.05) is 51.2 Å². The maximum absolute atomic E-state index is 6.62. The van der Waals surface area contributed by atoms with Crippen LogP contribution in [0.3, 0.4) is 0 Å². The summed E-state index contributed by atoms with van der Waals surface area (Å²) in [5, 5.41) is 4.55. The Bertz CT molecular complexity index is 1110. The highest BCUT2D eigenvalue weighted by molar-refractivity contribution is 5.80. The summed E-state index contributed by atoms with van der Waals surface area (Å²) < 4.78 is 8.49. The summed E-state index contributed by atoms with van der Waals surface area (Å²) in [5.74, 6) is 1.93. The number of aromatic nitrogens is 3. The van der Waals surface area contributed by atoms with E-state index in [1.54, 1.807) is 0 Å². The molecule has 6 bridgehead atoms. The lowest BCUT2D eigenvalue weighted by Gasteiger charge is -2.28. The Kier molecular flexibility index (Phi) is 4.61. The van der Waals surface area contributed by atoms with Crippen molar-refractivity contribution in [1.29, 1.82) is 0 Å². The second-order valence-electron chi connectivity index (χ2n) is 9.30. The standard InChI is InChI=1S/C24H30N6O/c1-17-5-6-19-12-21(17)22-13-25-30-9-7-23(26-24(22)30)27(2)10-11-28-14-18-4-3-8-29(18)16-20(15-28)31-19/h5-7,9,12-13,18,20H,3-4,8,10-11,14-16H2,1-2H3/t18-,20+/m0/s1. The first-order valence-electron chi connectivity index (χ1n) is 11.4. The summed E-state index contributed by atoms with van der Waals surface area (Å²) in [6.45, 7) is 8.40. The summed E-state index contributed by atoms with van der Waals surface area (Å²) in [6, 6.07) is 9.16. The van der Waals surface area contributed by atoms with Crippen LogP contribution >= 0.6 is 0 Å². The maximum atomic E-state index is 6.62. The number of rotatable bonds is 0. The van der Waals surface area contributed by atoms with Crippen LogP contribution in [0.1, 0.15) is 18.4 Å². The molecule has 5 heterocycles. The Labute approximate surface area is 183 Å². The third-order valence-corrected chi connectivity index (χ3v) is 7.17. The van der Waals surface area contributed by atoms with E-state index in [0.717, 1.165) is 61.1 Å². The molecule has 0 amide bonds. The van der Waals surface area contributed by atoms with Crippen LogP contribution in [0, 0.1) is 6.92 Å². The first-order valence-corrected chi connectivity index (χ1v) is 11.4. The first-order chi connectivity index (χ1) is 15.1. The third kappa shape index (κ3) is 3.46. The van der Waals surface area contributed by atoms with Crippen LogP contribution in [0.25, 0.3) is 16.8 Å². The van der Waals surface area contributed by atoms with Crippen molar-refractivity contribution in [2.45, 2.75) is 31.9 Å². The maximum Gasteiger partial charge on any atom is 0.165 e. The molecule has 1 unspecified atom stereocenters. The predicted molar refractivity (Wildman–Crippen MR) is 122 cm³/mol. The average molecular weight is 419 g/mol. The van der Waals surface area contributed by atoms with E-state index in [-0.39, 0.29) is 6.10 Å². The summed E-state index contributed by atoms with van der Waals surface area (Å²) in [5.41, 5.74) is 4.29. The van der Waals surface area contributed by atoms with Gasteiger partial charge in [0.15, 0.2) is 5.65 Å². The van der Waals surface area contributed by atoms with Gasteiger partial charge < -0.3 is 9.64 Å². The zero-order valence-corrected chi connectivity index (χ0v) is 18.4. The zero-order valence-electron chi connectivity index (χ0n) is 18.4. The monoisotopic (exact) mass is 418 g/mol. The van der Waals surface area contributed by atoms with Gasteiger partial charge in [-0.2, -0.15) is 5.10 Å². The summed E-state index contributed by atoms with van der Waals surface area (Å²) in [4.78, 5) is 12.5. The minimum absolute atomic E-state index is 0.176. The molecule has 0 radical (unpaired) electrons. The van der Waals surface area contributed by atoms with Gasteiger partial charge in [0.1, 0.15) is 17.7 Å². The van der Waals surface area contributed by atoms with Crippen molar-refractivity contribution in [3.63, 3.8) is 0 Å². The van der Waals surface area contributed by atoms with Crippen LogP contribution in [0.2, 0.25) is 0 Å². The number of hydrogen-bond donors (Lipinski definition) is 0. The quantitative estimate of drug-likeness (QED) is 0.560. The largest absolute Gasteiger partial charge is 0.488 e. The van der Waals surface area contributed by atoms with E-state index in [0.29, 0.717) is 6.04 Å². The van der Waals surface area contributed by atoms with Gasteiger partial charge in [-0.05, 0) is 55.6 Å². The molecular formula is C24H30N6O. The summed E-state index contributed by atoms with van der Waals surface area (Å²) in [6.07, 6.45) is 6.71. The van der Waals surface area contributed by atoms with E-state index in [1.165, 1.54) is 24.9 Å². The molecule has 3 aliphatic heterocycles. The normalized spacial score (nSPS) is 26.4. The van der Waals surface area contributed by atoms with Crippen molar-refractivity contribution in [3.8, 4) is 16.9 Å². The molecule has 2 aromatic heterocycles. The molecule has 3 atom stereocenters. The van der Waals surface area contributed by atoms with Gasteiger partial charge in [-0.25, -0.2) is 9.50 Å². The molecule has 3 aromatic rings. The van der Waals surface area contributed by atoms with E-state index in [4.69, 9.17) is 9.72 Å². The molecule has 7 nitrogen and oxygen atoms in total. The van der Waals surface area contributed by atoms with E-state index < -0.39 is 0 Å². The fourth-order valence-corrected chi connectivity index (χ4v) is 5.40. The first kappa shape index (κ1) is 19.1. The average Bonchev–Trinajstić information content (AvgIpc) is 3.35. The Hall–Kier alpha value is -2.64. The number of ether oxygens (including phenoxy) is 1. The number of hydrogen-bond acceptors (Lipinski definition) is 6. The molecule has 2 saturated heterocycles. The smallest absolute Gasteiger partial charge is 0.165 e. The molecular weight excluding hydrogens is 388 g/mol. The third-order valence-electron chi connectivity index (χ3n) is 7.17. The fourth-order valence-electron chi connectivity index (χ4n) is 5.40. The highest BCUT2D eigenvalue weighted by Gasteiger charge is 2.33. The molecule has 0 saturated carbocycles. The molecule has 2 fully saturated rings. The highest BCUT2D eigenvalue weighted by atomic mass is 16.5. The molecule has 0 aliphatic carbocycles. The Morgan fingerprint density at radius 1 is 1.03 bits per heavy atom. The van der Waals surface area contributed by atoms with Gasteiger partial charge >= 0.3 is 0 Å². The SMILES string of the molecule is Cc1ccc2cc1-c1cnn3ccc(nc13)N(C)CCN1C[C@H](CN3CCC[C@H]3C1)O2. The zero-order chi connectivity index (χ0) is 20.9. The second-order valence-corrected chi connectivity index (χ2v) is 9.30. The molecule has 3 aliphatic rings. The van der Waals surface area contributed by atoms with Gasteiger partial charge in [0.05, 0.1) is 6.20 Å². The molecule has 162 valence electrons. The number of fused-ring (bicyclic) bond motifs is 7. The van der Waals surface area contributed by atoms with Crippen molar-refractivity contribution in [3.05, 3.63) is 42.2 Å². The van der Waals surface area contributed by atoms with Crippen LogP contribution in [0.15, 0.2) is 36.7 Å². The van der Waals surface area contributed by atoms with Gasteiger partial charge in [-0.15, -0.1) is 0 Å². The molecule has 0 N–H and O–H groups in total. The highest BCUT2D eigenvalue weighted by Crippen LogP contribution is 2.32. The lowest BCUT2D eigenvalue weighted by Crippen LogP contribution is -2.41. The van der Waals surface area contributed by atoms with Crippen molar-refractivity contribution in [1.82, 2.24) is 24.4 Å². The molecule has 1 aromatic carbocycles. The van der Waals surface area contributed by atoms with Crippen molar-refractivity contribution in [2.24, 2.45) is 0 Å². The van der Waals surface area contributed by atoms with E-state index in [2.05, 4.69) is 58.0 Å². The Morgan fingerprint density at radius 3 is 2.90 bits per heavy atom. The molecule has 0 spiro atoms. The Balaban J connectivity index is 1.46.